The van der Waals surface area contributed by atoms with E-state index in [-0.39, 0.29) is 12.1 Å². The minimum atomic E-state index is -0.394. The molecule has 98 valence electrons. The first kappa shape index (κ1) is 12.8. The monoisotopic (exact) mass is 241 g/mol. The van der Waals surface area contributed by atoms with Crippen LogP contribution < -0.4 is 5.73 Å². The van der Waals surface area contributed by atoms with Crippen LogP contribution in [-0.4, -0.2) is 31.8 Å². The highest BCUT2D eigenvalue weighted by Gasteiger charge is 2.41. The van der Waals surface area contributed by atoms with E-state index in [2.05, 4.69) is 0 Å². The molecule has 4 nitrogen and oxygen atoms in total. The van der Waals surface area contributed by atoms with Gasteiger partial charge in [0, 0.05) is 13.2 Å². The Labute approximate surface area is 103 Å². The Morgan fingerprint density at radius 1 is 1.29 bits per heavy atom. The molecule has 1 aliphatic heterocycles. The quantitative estimate of drug-likeness (QED) is 0.760. The van der Waals surface area contributed by atoms with Gasteiger partial charge in [0.25, 0.3) is 0 Å². The molecule has 0 radical (unpaired) electrons. The highest BCUT2D eigenvalue weighted by atomic mass is 16.6. The van der Waals surface area contributed by atoms with Crippen LogP contribution >= 0.6 is 0 Å². The summed E-state index contributed by atoms with van der Waals surface area (Å²) in [5, 5.41) is 0. The fourth-order valence-corrected chi connectivity index (χ4v) is 2.80. The van der Waals surface area contributed by atoms with Crippen LogP contribution in [0.4, 0.5) is 0 Å². The molecule has 0 bridgehead atoms. The van der Waals surface area contributed by atoms with Crippen molar-refractivity contribution in [1.82, 2.24) is 0 Å². The van der Waals surface area contributed by atoms with Gasteiger partial charge in [0.2, 0.25) is 0 Å². The average Bonchev–Trinajstić information content (AvgIpc) is 2.87. The minimum Gasteiger partial charge on any atom is -0.462 e. The second-order valence-corrected chi connectivity index (χ2v) is 5.28. The van der Waals surface area contributed by atoms with Gasteiger partial charge < -0.3 is 15.2 Å². The zero-order valence-electron chi connectivity index (χ0n) is 10.5. The van der Waals surface area contributed by atoms with Crippen molar-refractivity contribution in [2.24, 2.45) is 11.1 Å². The number of nitrogens with two attached hydrogens (primary N) is 1. The summed E-state index contributed by atoms with van der Waals surface area (Å²) in [6, 6.07) is 0. The summed E-state index contributed by atoms with van der Waals surface area (Å²) >= 11 is 0. The Kier molecular flexibility index (Phi) is 4.40. The smallest absolute Gasteiger partial charge is 0.313 e. The third-order valence-corrected chi connectivity index (χ3v) is 4.06. The van der Waals surface area contributed by atoms with Crippen LogP contribution in [0.5, 0.6) is 0 Å². The molecule has 1 aliphatic carbocycles. The summed E-state index contributed by atoms with van der Waals surface area (Å²) in [4.78, 5) is 12.1. The number of esters is 1. The number of rotatable bonds is 4. The maximum absolute atomic E-state index is 12.1. The Morgan fingerprint density at radius 3 is 2.65 bits per heavy atom. The lowest BCUT2D eigenvalue weighted by molar-refractivity contribution is -0.160. The zero-order valence-corrected chi connectivity index (χ0v) is 10.5. The third-order valence-electron chi connectivity index (χ3n) is 4.06. The van der Waals surface area contributed by atoms with Crippen LogP contribution in [0.3, 0.4) is 0 Å². The molecule has 2 N–H and O–H groups in total. The molecular formula is C13H23NO3. The molecule has 1 atom stereocenters. The van der Waals surface area contributed by atoms with Crippen LogP contribution in [0.2, 0.25) is 0 Å². The van der Waals surface area contributed by atoms with Crippen LogP contribution in [0, 0.1) is 5.41 Å². The van der Waals surface area contributed by atoms with E-state index in [1.165, 1.54) is 6.42 Å². The summed E-state index contributed by atoms with van der Waals surface area (Å²) < 4.78 is 11.0. The first-order chi connectivity index (χ1) is 8.27. The molecule has 0 amide bonds. The van der Waals surface area contributed by atoms with E-state index in [1.54, 1.807) is 0 Å². The lowest BCUT2D eigenvalue weighted by Gasteiger charge is -2.27. The summed E-state index contributed by atoms with van der Waals surface area (Å²) in [5.74, 6) is -0.105. The van der Waals surface area contributed by atoms with Crippen molar-refractivity contribution in [3.8, 4) is 0 Å². The molecule has 0 spiro atoms. The van der Waals surface area contributed by atoms with E-state index >= 15 is 0 Å². The second kappa shape index (κ2) is 5.83. The molecule has 4 heteroatoms. The molecule has 1 saturated heterocycles. The van der Waals surface area contributed by atoms with Crippen LogP contribution in [-0.2, 0) is 14.3 Å². The number of ether oxygens (including phenoxy) is 2. The van der Waals surface area contributed by atoms with Crippen molar-refractivity contribution < 1.29 is 14.3 Å². The molecule has 1 saturated carbocycles. The molecule has 2 rings (SSSR count). The van der Waals surface area contributed by atoms with Gasteiger partial charge in [-0.2, -0.15) is 0 Å². The topological polar surface area (TPSA) is 61.6 Å². The SMILES string of the molecule is NCC1(C(=O)OCC2CCCCO2)CCCC1. The number of carbonyl (C=O) groups is 1. The van der Waals surface area contributed by atoms with E-state index in [0.717, 1.165) is 45.1 Å². The summed E-state index contributed by atoms with van der Waals surface area (Å²) in [5.41, 5.74) is 5.35. The lowest BCUT2D eigenvalue weighted by Crippen LogP contribution is -2.39. The van der Waals surface area contributed by atoms with E-state index in [9.17, 15) is 4.79 Å². The number of carbonyl (C=O) groups excluding carboxylic acids is 1. The zero-order chi connectivity index (χ0) is 12.1. The van der Waals surface area contributed by atoms with Crippen molar-refractivity contribution in [2.45, 2.75) is 51.0 Å². The normalized spacial score (nSPS) is 27.9. The molecule has 1 unspecified atom stereocenters. The highest BCUT2D eigenvalue weighted by Crippen LogP contribution is 2.38. The standard InChI is InChI=1S/C13H23NO3/c14-10-13(6-2-3-7-13)12(15)17-9-11-5-1-4-8-16-11/h11H,1-10,14H2. The van der Waals surface area contributed by atoms with Gasteiger partial charge in [0.1, 0.15) is 6.61 Å². The van der Waals surface area contributed by atoms with Crippen molar-refractivity contribution in [1.29, 1.82) is 0 Å². The largest absolute Gasteiger partial charge is 0.462 e. The molecule has 0 aromatic rings. The maximum Gasteiger partial charge on any atom is 0.313 e. The van der Waals surface area contributed by atoms with E-state index < -0.39 is 5.41 Å². The molecule has 1 heterocycles. The molecule has 2 aliphatic rings. The fraction of sp³-hybridized carbons (Fsp3) is 0.923. The van der Waals surface area contributed by atoms with E-state index in [1.807, 2.05) is 0 Å². The lowest BCUT2D eigenvalue weighted by atomic mass is 9.86. The Bertz CT molecular complexity index is 255. The fourth-order valence-electron chi connectivity index (χ4n) is 2.80. The maximum atomic E-state index is 12.1. The third kappa shape index (κ3) is 2.99. The Hall–Kier alpha value is -0.610. The van der Waals surface area contributed by atoms with Crippen molar-refractivity contribution in [3.05, 3.63) is 0 Å². The van der Waals surface area contributed by atoms with E-state index in [0.29, 0.717) is 13.2 Å². The summed E-state index contributed by atoms with van der Waals surface area (Å²) in [6.07, 6.45) is 7.34. The first-order valence-corrected chi connectivity index (χ1v) is 6.76. The van der Waals surface area contributed by atoms with Gasteiger partial charge in [-0.15, -0.1) is 0 Å². The van der Waals surface area contributed by atoms with Crippen LogP contribution in [0.15, 0.2) is 0 Å². The van der Waals surface area contributed by atoms with Crippen molar-refractivity contribution in [3.63, 3.8) is 0 Å². The second-order valence-electron chi connectivity index (χ2n) is 5.28. The van der Waals surface area contributed by atoms with Gasteiger partial charge in [-0.1, -0.05) is 12.8 Å². The number of hydrogen-bond acceptors (Lipinski definition) is 4. The molecule has 0 aromatic heterocycles. The van der Waals surface area contributed by atoms with Gasteiger partial charge in [-0.3, -0.25) is 4.79 Å². The molecule has 2 fully saturated rings. The Balaban J connectivity index is 1.79. The summed E-state index contributed by atoms with van der Waals surface area (Å²) in [7, 11) is 0. The van der Waals surface area contributed by atoms with E-state index in [4.69, 9.17) is 15.2 Å². The first-order valence-electron chi connectivity index (χ1n) is 6.76. The molecular weight excluding hydrogens is 218 g/mol. The Morgan fingerprint density at radius 2 is 2.06 bits per heavy atom. The predicted molar refractivity (Wildman–Crippen MR) is 64.5 cm³/mol. The average molecular weight is 241 g/mol. The molecule has 0 aromatic carbocycles. The van der Waals surface area contributed by atoms with Crippen LogP contribution in [0.1, 0.15) is 44.9 Å². The van der Waals surface area contributed by atoms with Crippen LogP contribution in [0.25, 0.3) is 0 Å². The van der Waals surface area contributed by atoms with Gasteiger partial charge in [0.05, 0.1) is 11.5 Å². The van der Waals surface area contributed by atoms with Crippen molar-refractivity contribution >= 4 is 5.97 Å². The van der Waals surface area contributed by atoms with Gasteiger partial charge >= 0.3 is 5.97 Å². The van der Waals surface area contributed by atoms with Crippen molar-refractivity contribution in [2.75, 3.05) is 19.8 Å². The number of hydrogen-bond donors (Lipinski definition) is 1. The minimum absolute atomic E-state index is 0.101. The highest BCUT2D eigenvalue weighted by molar-refractivity contribution is 5.77. The van der Waals surface area contributed by atoms with Gasteiger partial charge in [-0.05, 0) is 32.1 Å². The van der Waals surface area contributed by atoms with Gasteiger partial charge in [-0.25, -0.2) is 0 Å². The van der Waals surface area contributed by atoms with Gasteiger partial charge in [0.15, 0.2) is 0 Å². The molecule has 17 heavy (non-hydrogen) atoms. The summed E-state index contributed by atoms with van der Waals surface area (Å²) in [6.45, 7) is 1.61. The predicted octanol–water partition coefficient (Wildman–Crippen LogP) is 1.62.